The molecule has 2 fully saturated rings. The first-order valence-electron chi connectivity index (χ1n) is 14.1. The molecule has 0 aromatic carbocycles. The van der Waals surface area contributed by atoms with Gasteiger partial charge in [-0.3, -0.25) is 19.2 Å². The largest absolute Gasteiger partial charge is 0.505 e. The molecule has 3 N–H and O–H groups in total. The van der Waals surface area contributed by atoms with Crippen LogP contribution in [0, 0.1) is 39.4 Å². The lowest BCUT2D eigenvalue weighted by molar-refractivity contribution is -0.179. The molecule has 4 aliphatic carbocycles. The van der Waals surface area contributed by atoms with Gasteiger partial charge < -0.3 is 20.1 Å². The second-order valence-corrected chi connectivity index (χ2v) is 14.4. The summed E-state index contributed by atoms with van der Waals surface area (Å²) in [4.78, 5) is 52.0. The summed E-state index contributed by atoms with van der Waals surface area (Å²) in [6.45, 7) is 15.3. The number of carbonyl (C=O) groups excluding carboxylic acids is 4. The fraction of sp³-hybridized carbons (Fsp3) is 0.688. The zero-order valence-electron chi connectivity index (χ0n) is 25.1. The maximum atomic E-state index is 14.3. The average Bonchev–Trinajstić information content (AvgIpc) is 3.01. The highest BCUT2D eigenvalue weighted by Gasteiger charge is 2.74. The summed E-state index contributed by atoms with van der Waals surface area (Å²) < 4.78 is 5.22. The van der Waals surface area contributed by atoms with E-state index in [0.717, 1.165) is 5.57 Å². The van der Waals surface area contributed by atoms with Crippen LogP contribution in [0.1, 0.15) is 81.6 Å². The molecule has 220 valence electrons. The molecule has 0 spiro atoms. The number of hydrogen-bond donors (Lipinski definition) is 3. The predicted molar refractivity (Wildman–Crippen MR) is 148 cm³/mol. The zero-order chi connectivity index (χ0) is 30.4. The molecule has 2 saturated carbocycles. The first-order valence-corrected chi connectivity index (χ1v) is 14.1. The molecule has 0 heterocycles. The van der Waals surface area contributed by atoms with Crippen LogP contribution in [0.2, 0.25) is 0 Å². The van der Waals surface area contributed by atoms with Crippen molar-refractivity contribution in [3.8, 4) is 0 Å². The minimum absolute atomic E-state index is 0.0249. The van der Waals surface area contributed by atoms with E-state index < -0.39 is 62.6 Å². The molecule has 8 heteroatoms. The number of Topliss-reactive ketones (excluding diaryl/α,β-unsaturated/α-hetero) is 2. The summed E-state index contributed by atoms with van der Waals surface area (Å²) in [5, 5.41) is 33.8. The molecular weight excluding hydrogens is 512 g/mol. The molecule has 40 heavy (non-hydrogen) atoms. The van der Waals surface area contributed by atoms with Gasteiger partial charge in [-0.25, -0.2) is 0 Å². The summed E-state index contributed by atoms with van der Waals surface area (Å²) in [5.74, 6) is -3.61. The molecule has 0 aromatic heterocycles. The molecule has 8 atom stereocenters. The van der Waals surface area contributed by atoms with Crippen molar-refractivity contribution >= 4 is 23.3 Å². The van der Waals surface area contributed by atoms with E-state index in [1.54, 1.807) is 27.7 Å². The van der Waals surface area contributed by atoms with Gasteiger partial charge in [0.15, 0.2) is 11.5 Å². The molecule has 0 saturated heterocycles. The number of esters is 1. The van der Waals surface area contributed by atoms with Crippen molar-refractivity contribution in [3.63, 3.8) is 0 Å². The highest BCUT2D eigenvalue weighted by molar-refractivity contribution is 6.02. The zero-order valence-corrected chi connectivity index (χ0v) is 25.1. The van der Waals surface area contributed by atoms with E-state index in [0.29, 0.717) is 6.42 Å². The first kappa shape index (κ1) is 30.4. The average molecular weight is 557 g/mol. The Bertz CT molecular complexity index is 1270. The van der Waals surface area contributed by atoms with Crippen LogP contribution in [0.3, 0.4) is 0 Å². The molecule has 3 unspecified atom stereocenters. The Balaban J connectivity index is 1.76. The quantitative estimate of drug-likeness (QED) is 0.260. The molecule has 0 radical (unpaired) electrons. The van der Waals surface area contributed by atoms with Crippen LogP contribution >= 0.6 is 0 Å². The van der Waals surface area contributed by atoms with Crippen molar-refractivity contribution in [2.75, 3.05) is 0 Å². The normalized spacial score (nSPS) is 40.4. The van der Waals surface area contributed by atoms with Crippen molar-refractivity contribution in [1.29, 1.82) is 0 Å². The predicted octanol–water partition coefficient (Wildman–Crippen LogP) is 4.19. The number of ketones is 3. The van der Waals surface area contributed by atoms with Crippen molar-refractivity contribution in [1.82, 2.24) is 0 Å². The van der Waals surface area contributed by atoms with E-state index in [1.165, 1.54) is 32.1 Å². The van der Waals surface area contributed by atoms with Gasteiger partial charge in [0, 0.05) is 30.6 Å². The SMILES string of the molecule is CC(=O)OC(C)(C)/C=C/C(=O)[C@](C)(O)C1[C@H](O)C[C@@]2(C)C3CC=C4C(C=C(O)C(=O)C4(C)C)[C@]3(C)C(=O)C[C@]12C. The van der Waals surface area contributed by atoms with E-state index in [2.05, 4.69) is 0 Å². The number of rotatable bonds is 5. The topological polar surface area (TPSA) is 138 Å². The van der Waals surface area contributed by atoms with Crippen molar-refractivity contribution in [2.24, 2.45) is 39.4 Å². The summed E-state index contributed by atoms with van der Waals surface area (Å²) in [6.07, 6.45) is 5.89. The summed E-state index contributed by atoms with van der Waals surface area (Å²) in [5.41, 5.74) is -5.72. The number of carbonyl (C=O) groups is 4. The van der Waals surface area contributed by atoms with Gasteiger partial charge in [0.2, 0.25) is 5.78 Å². The lowest BCUT2D eigenvalue weighted by Crippen LogP contribution is -2.64. The van der Waals surface area contributed by atoms with Crippen molar-refractivity contribution in [2.45, 2.75) is 98.9 Å². The van der Waals surface area contributed by atoms with Gasteiger partial charge in [0.1, 0.15) is 17.0 Å². The third-order valence-corrected chi connectivity index (χ3v) is 11.2. The standard InChI is InChI=1S/C32H44O8/c1-17(33)40-27(2,3)13-12-23(36)32(9,39)25-21(35)15-29(6)22-11-10-18-19(14-20(34)26(38)28(18,4)5)31(22,8)24(37)16-30(25,29)7/h10,12-14,19,21-22,25,34-35,39H,11,15-16H2,1-9H3/b13-12+/t19?,21-,22?,25?,29+,30-,31+,32+/m1/s1. The van der Waals surface area contributed by atoms with Gasteiger partial charge in [0.05, 0.1) is 11.5 Å². The van der Waals surface area contributed by atoms with Gasteiger partial charge in [-0.05, 0) is 82.4 Å². The Hall–Kier alpha value is -2.58. The molecule has 8 nitrogen and oxygen atoms in total. The highest BCUT2D eigenvalue weighted by atomic mass is 16.6. The van der Waals surface area contributed by atoms with Crippen LogP contribution in [0.5, 0.6) is 0 Å². The minimum atomic E-state index is -2.00. The van der Waals surface area contributed by atoms with Crippen LogP contribution in [0.4, 0.5) is 0 Å². The number of hydrogen-bond acceptors (Lipinski definition) is 8. The Kier molecular flexibility index (Phi) is 6.80. The van der Waals surface area contributed by atoms with Gasteiger partial charge in [-0.15, -0.1) is 0 Å². The molecule has 0 aromatic rings. The van der Waals surface area contributed by atoms with E-state index in [9.17, 15) is 34.5 Å². The second-order valence-electron chi connectivity index (χ2n) is 14.4. The van der Waals surface area contributed by atoms with Gasteiger partial charge in [0.25, 0.3) is 0 Å². The summed E-state index contributed by atoms with van der Waals surface area (Å²) >= 11 is 0. The van der Waals surface area contributed by atoms with E-state index in [4.69, 9.17) is 4.74 Å². The van der Waals surface area contributed by atoms with Crippen molar-refractivity contribution in [3.05, 3.63) is 35.6 Å². The Labute approximate surface area is 236 Å². The number of aliphatic hydroxyl groups excluding tert-OH is 2. The minimum Gasteiger partial charge on any atom is -0.505 e. The smallest absolute Gasteiger partial charge is 0.303 e. The fourth-order valence-electron chi connectivity index (χ4n) is 8.98. The number of aliphatic hydroxyl groups is 3. The monoisotopic (exact) mass is 556 g/mol. The van der Waals surface area contributed by atoms with Gasteiger partial charge >= 0.3 is 5.97 Å². The van der Waals surface area contributed by atoms with Crippen molar-refractivity contribution < 1.29 is 39.2 Å². The van der Waals surface area contributed by atoms with Crippen LogP contribution in [-0.2, 0) is 23.9 Å². The Morgan fingerprint density at radius 2 is 1.68 bits per heavy atom. The molecule has 4 rings (SSSR count). The van der Waals surface area contributed by atoms with E-state index in [-0.39, 0.29) is 36.1 Å². The molecular formula is C32H44O8. The van der Waals surface area contributed by atoms with Gasteiger partial charge in [-0.1, -0.05) is 32.4 Å². The second kappa shape index (κ2) is 8.96. The number of ether oxygens (including phenoxy) is 1. The first-order chi connectivity index (χ1) is 18.1. The maximum Gasteiger partial charge on any atom is 0.303 e. The fourth-order valence-corrected chi connectivity index (χ4v) is 8.98. The van der Waals surface area contributed by atoms with Crippen LogP contribution < -0.4 is 0 Å². The number of fused-ring (bicyclic) bond motifs is 5. The molecule has 0 bridgehead atoms. The third-order valence-electron chi connectivity index (χ3n) is 11.2. The molecule has 0 aliphatic heterocycles. The Morgan fingerprint density at radius 1 is 1.07 bits per heavy atom. The lowest BCUT2D eigenvalue weighted by atomic mass is 9.39. The summed E-state index contributed by atoms with van der Waals surface area (Å²) in [7, 11) is 0. The number of allylic oxidation sites excluding steroid dienone is 4. The van der Waals surface area contributed by atoms with Crippen LogP contribution in [0.25, 0.3) is 0 Å². The molecule has 4 aliphatic rings. The summed E-state index contributed by atoms with van der Waals surface area (Å²) in [6, 6.07) is 0. The third kappa shape index (κ3) is 4.00. The van der Waals surface area contributed by atoms with E-state index in [1.807, 2.05) is 26.8 Å². The maximum absolute atomic E-state index is 14.3. The lowest BCUT2D eigenvalue weighted by Gasteiger charge is -2.63. The Morgan fingerprint density at radius 3 is 2.25 bits per heavy atom. The van der Waals surface area contributed by atoms with E-state index >= 15 is 0 Å². The van der Waals surface area contributed by atoms with Gasteiger partial charge in [-0.2, -0.15) is 0 Å². The van der Waals surface area contributed by atoms with Crippen LogP contribution in [0.15, 0.2) is 35.6 Å². The highest BCUT2D eigenvalue weighted by Crippen LogP contribution is 2.73. The molecule has 0 amide bonds. The van der Waals surface area contributed by atoms with Crippen LogP contribution in [-0.4, -0.2) is 55.9 Å².